The number of hydrogen-bond donors (Lipinski definition) is 0. The van der Waals surface area contributed by atoms with Crippen molar-refractivity contribution < 1.29 is 4.21 Å². The molecular formula is C12H17NOS. The van der Waals surface area contributed by atoms with Crippen molar-refractivity contribution in [2.75, 3.05) is 0 Å². The second kappa shape index (κ2) is 4.71. The van der Waals surface area contributed by atoms with Crippen LogP contribution in [0, 0.1) is 6.92 Å². The number of nitrogens with zero attached hydrogens (tertiary/aromatic N) is 1. The van der Waals surface area contributed by atoms with E-state index in [4.69, 9.17) is 0 Å². The van der Waals surface area contributed by atoms with E-state index in [0.29, 0.717) is 0 Å². The minimum Gasteiger partial charge on any atom is -0.234 e. The van der Waals surface area contributed by atoms with Gasteiger partial charge in [0.15, 0.2) is 0 Å². The van der Waals surface area contributed by atoms with Crippen LogP contribution in [0.4, 0.5) is 0 Å². The van der Waals surface area contributed by atoms with Gasteiger partial charge in [-0.15, -0.1) is 0 Å². The van der Waals surface area contributed by atoms with Gasteiger partial charge in [0.05, 0.1) is 4.75 Å². The number of benzene rings is 1. The van der Waals surface area contributed by atoms with Crippen LogP contribution < -0.4 is 0 Å². The van der Waals surface area contributed by atoms with Gasteiger partial charge in [-0.1, -0.05) is 29.8 Å². The third-order valence-electron chi connectivity index (χ3n) is 1.86. The van der Waals surface area contributed by atoms with E-state index in [1.165, 1.54) is 5.56 Å². The lowest BCUT2D eigenvalue weighted by Crippen LogP contribution is -2.19. The Morgan fingerprint density at radius 2 is 2.00 bits per heavy atom. The summed E-state index contributed by atoms with van der Waals surface area (Å²) in [5, 5.41) is 0. The Bertz CT molecular complexity index is 391. The van der Waals surface area contributed by atoms with Crippen LogP contribution in [0.3, 0.4) is 0 Å². The highest BCUT2D eigenvalue weighted by molar-refractivity contribution is 7.85. The van der Waals surface area contributed by atoms with Crippen molar-refractivity contribution in [2.45, 2.75) is 32.4 Å². The first-order valence-electron chi connectivity index (χ1n) is 4.92. The average Bonchev–Trinajstić information content (AvgIpc) is 2.12. The van der Waals surface area contributed by atoms with Gasteiger partial charge in [-0.25, -0.2) is 4.21 Å². The van der Waals surface area contributed by atoms with E-state index >= 15 is 0 Å². The van der Waals surface area contributed by atoms with Crippen LogP contribution in [0.5, 0.6) is 0 Å². The highest BCUT2D eigenvalue weighted by atomic mass is 32.2. The van der Waals surface area contributed by atoms with Crippen molar-refractivity contribution in [2.24, 2.45) is 4.40 Å². The highest BCUT2D eigenvalue weighted by Gasteiger charge is 2.17. The summed E-state index contributed by atoms with van der Waals surface area (Å²) in [6.45, 7) is 7.77. The Kier molecular flexibility index (Phi) is 3.80. The number of rotatable bonds is 2. The largest absolute Gasteiger partial charge is 0.234 e. The summed E-state index contributed by atoms with van der Waals surface area (Å²) >= 11 is 0. The summed E-state index contributed by atoms with van der Waals surface area (Å²) in [5.41, 5.74) is 2.17. The molecule has 0 aliphatic rings. The molecule has 0 N–H and O–H groups in total. The third kappa shape index (κ3) is 3.96. The molecule has 0 saturated carbocycles. The lowest BCUT2D eigenvalue weighted by molar-refractivity contribution is 0.651. The van der Waals surface area contributed by atoms with Crippen molar-refractivity contribution in [3.8, 4) is 0 Å². The smallest absolute Gasteiger partial charge is 0.144 e. The summed E-state index contributed by atoms with van der Waals surface area (Å²) in [4.78, 5) is 0. The molecule has 1 aromatic rings. The maximum absolute atomic E-state index is 11.6. The standard InChI is InChI=1S/C12H17NOS/c1-10-6-5-7-11(8-10)9-13-15(14)12(2,3)4/h5-9H,1-4H3/b13-9+/t15-/m0/s1. The first kappa shape index (κ1) is 12.1. The minimum absolute atomic E-state index is 0.291. The van der Waals surface area contributed by atoms with Gasteiger partial charge >= 0.3 is 0 Å². The maximum Gasteiger partial charge on any atom is 0.144 e. The second-order valence-corrected chi connectivity index (χ2v) is 6.44. The van der Waals surface area contributed by atoms with Crippen molar-refractivity contribution in [3.63, 3.8) is 0 Å². The molecule has 1 aromatic carbocycles. The molecule has 0 aliphatic heterocycles. The molecule has 82 valence electrons. The molecule has 1 atom stereocenters. The van der Waals surface area contributed by atoms with Gasteiger partial charge in [-0.3, -0.25) is 0 Å². The topological polar surface area (TPSA) is 29.4 Å². The molecule has 0 amide bonds. The van der Waals surface area contributed by atoms with Crippen LogP contribution in [-0.4, -0.2) is 15.2 Å². The van der Waals surface area contributed by atoms with Crippen molar-refractivity contribution in [1.82, 2.24) is 0 Å². The van der Waals surface area contributed by atoms with E-state index in [-0.39, 0.29) is 4.75 Å². The SMILES string of the molecule is Cc1cccc(/C=N/[S@@](=O)C(C)(C)C)c1. The molecule has 0 aromatic heterocycles. The lowest BCUT2D eigenvalue weighted by Gasteiger charge is -2.12. The number of aryl methyl sites for hydroxylation is 1. The lowest BCUT2D eigenvalue weighted by atomic mass is 10.2. The van der Waals surface area contributed by atoms with Gasteiger partial charge in [-0.05, 0) is 33.3 Å². The summed E-state index contributed by atoms with van der Waals surface area (Å²) < 4.78 is 15.4. The zero-order chi connectivity index (χ0) is 11.5. The van der Waals surface area contributed by atoms with E-state index in [9.17, 15) is 4.21 Å². The van der Waals surface area contributed by atoms with Crippen LogP contribution in [0.2, 0.25) is 0 Å². The quantitative estimate of drug-likeness (QED) is 0.709. The van der Waals surface area contributed by atoms with E-state index in [2.05, 4.69) is 4.40 Å². The van der Waals surface area contributed by atoms with Crippen molar-refractivity contribution in [1.29, 1.82) is 0 Å². The van der Waals surface area contributed by atoms with E-state index in [0.717, 1.165) is 5.56 Å². The van der Waals surface area contributed by atoms with Gasteiger partial charge < -0.3 is 0 Å². The average molecular weight is 223 g/mol. The van der Waals surface area contributed by atoms with Crippen LogP contribution in [-0.2, 0) is 11.0 Å². The molecule has 15 heavy (non-hydrogen) atoms. The number of hydrogen-bond acceptors (Lipinski definition) is 1. The van der Waals surface area contributed by atoms with Crippen LogP contribution in [0.25, 0.3) is 0 Å². The van der Waals surface area contributed by atoms with Crippen molar-refractivity contribution in [3.05, 3.63) is 35.4 Å². The van der Waals surface area contributed by atoms with E-state index in [1.807, 2.05) is 52.0 Å². The summed E-state index contributed by atoms with van der Waals surface area (Å²) in [6, 6.07) is 7.97. The predicted molar refractivity (Wildman–Crippen MR) is 66.7 cm³/mol. The van der Waals surface area contributed by atoms with E-state index in [1.54, 1.807) is 6.21 Å². The normalized spacial score (nSPS) is 14.4. The molecule has 2 nitrogen and oxygen atoms in total. The molecule has 1 rings (SSSR count). The molecule has 0 aliphatic carbocycles. The zero-order valence-electron chi connectivity index (χ0n) is 9.65. The van der Waals surface area contributed by atoms with Gasteiger partial charge in [0.1, 0.15) is 11.0 Å². The van der Waals surface area contributed by atoms with Crippen LogP contribution >= 0.6 is 0 Å². The molecule has 0 unspecified atom stereocenters. The maximum atomic E-state index is 11.6. The molecule has 0 bridgehead atoms. The van der Waals surface area contributed by atoms with Crippen LogP contribution in [0.15, 0.2) is 28.7 Å². The zero-order valence-corrected chi connectivity index (χ0v) is 10.5. The van der Waals surface area contributed by atoms with Gasteiger partial charge in [0.2, 0.25) is 0 Å². The third-order valence-corrected chi connectivity index (χ3v) is 3.21. The van der Waals surface area contributed by atoms with E-state index < -0.39 is 11.0 Å². The first-order chi connectivity index (χ1) is 6.89. The molecule has 0 fully saturated rings. The minimum atomic E-state index is -1.17. The fraction of sp³-hybridized carbons (Fsp3) is 0.417. The monoisotopic (exact) mass is 223 g/mol. The van der Waals surface area contributed by atoms with Gasteiger partial charge in [-0.2, -0.15) is 4.40 Å². The molecular weight excluding hydrogens is 206 g/mol. The molecule has 0 saturated heterocycles. The second-order valence-electron chi connectivity index (χ2n) is 4.51. The Morgan fingerprint density at radius 3 is 2.53 bits per heavy atom. The Balaban J connectivity index is 2.79. The van der Waals surface area contributed by atoms with Gasteiger partial charge in [0.25, 0.3) is 0 Å². The summed E-state index contributed by atoms with van der Waals surface area (Å²) in [5.74, 6) is 0. The van der Waals surface area contributed by atoms with Crippen LogP contribution in [0.1, 0.15) is 31.9 Å². The highest BCUT2D eigenvalue weighted by Crippen LogP contribution is 2.12. The van der Waals surface area contributed by atoms with Crippen molar-refractivity contribution >= 4 is 17.2 Å². The molecule has 0 radical (unpaired) electrons. The molecule has 0 heterocycles. The Hall–Kier alpha value is -0.960. The Labute approximate surface area is 94.0 Å². The van der Waals surface area contributed by atoms with Gasteiger partial charge in [0, 0.05) is 6.21 Å². The predicted octanol–water partition coefficient (Wildman–Crippen LogP) is 2.88. The molecule has 0 spiro atoms. The first-order valence-corrected chi connectivity index (χ1v) is 6.03. The fourth-order valence-electron chi connectivity index (χ4n) is 1.02. The Morgan fingerprint density at radius 1 is 1.33 bits per heavy atom. The fourth-order valence-corrected chi connectivity index (χ4v) is 1.55. The molecule has 3 heteroatoms. The summed E-state index contributed by atoms with van der Waals surface area (Å²) in [6.07, 6.45) is 1.67. The summed E-state index contributed by atoms with van der Waals surface area (Å²) in [7, 11) is -1.17.